The molecule has 1 aliphatic heterocycles. The topological polar surface area (TPSA) is 86.7 Å². The minimum atomic E-state index is 0.649. The molecule has 5 rings (SSSR count). The third-order valence-corrected chi connectivity index (χ3v) is 4.95. The number of H-pyrrole nitrogens is 1. The van der Waals surface area contributed by atoms with Crippen LogP contribution in [0, 0.1) is 6.92 Å². The summed E-state index contributed by atoms with van der Waals surface area (Å²) in [4.78, 5) is 29.9. The number of anilines is 2. The van der Waals surface area contributed by atoms with Crippen LogP contribution < -0.4 is 9.80 Å². The van der Waals surface area contributed by atoms with Gasteiger partial charge in [0.2, 0.25) is 0 Å². The summed E-state index contributed by atoms with van der Waals surface area (Å²) in [6, 6.07) is 2.18. The molecule has 0 radical (unpaired) electrons. The first-order valence-electron chi connectivity index (χ1n) is 8.77. The van der Waals surface area contributed by atoms with Crippen molar-refractivity contribution in [3.8, 4) is 0 Å². The van der Waals surface area contributed by atoms with Crippen molar-refractivity contribution in [3.63, 3.8) is 0 Å². The number of nitrogens with zero attached hydrogens (tertiary/aromatic N) is 7. The number of rotatable bonds is 3. The van der Waals surface area contributed by atoms with Crippen molar-refractivity contribution in [2.24, 2.45) is 0 Å². The number of fused-ring (bicyclic) bond motifs is 1. The molecular weight excluding hydrogens is 316 g/mol. The Labute approximate surface area is 145 Å². The number of hydrogen-bond donors (Lipinski definition) is 1. The first-order valence-corrected chi connectivity index (χ1v) is 8.77. The number of aryl methyl sites for hydroxylation is 1. The average molecular weight is 336 g/mol. The molecule has 0 bridgehead atoms. The van der Waals surface area contributed by atoms with Crippen LogP contribution in [0.5, 0.6) is 0 Å². The molecule has 0 atom stereocenters. The lowest BCUT2D eigenvalue weighted by Crippen LogP contribution is -2.47. The first-order chi connectivity index (χ1) is 12.3. The third-order valence-electron chi connectivity index (χ3n) is 4.95. The zero-order valence-electron chi connectivity index (χ0n) is 14.2. The van der Waals surface area contributed by atoms with Crippen LogP contribution in [0.3, 0.4) is 0 Å². The summed E-state index contributed by atoms with van der Waals surface area (Å²) in [6.45, 7) is 5.61. The van der Waals surface area contributed by atoms with Gasteiger partial charge >= 0.3 is 0 Å². The highest BCUT2D eigenvalue weighted by molar-refractivity contribution is 5.82. The lowest BCUT2D eigenvalue weighted by Gasteiger charge is -2.36. The maximum absolute atomic E-state index is 4.66. The number of nitrogens with one attached hydrogen (secondary N) is 1. The predicted molar refractivity (Wildman–Crippen MR) is 94.9 cm³/mol. The lowest BCUT2D eigenvalue weighted by molar-refractivity contribution is 0.640. The van der Waals surface area contributed by atoms with E-state index in [1.807, 2.05) is 6.92 Å². The van der Waals surface area contributed by atoms with Gasteiger partial charge < -0.3 is 14.8 Å². The molecule has 0 unspecified atom stereocenters. The molecule has 2 aliphatic rings. The second-order valence-electron chi connectivity index (χ2n) is 6.75. The Morgan fingerprint density at radius 3 is 2.60 bits per heavy atom. The van der Waals surface area contributed by atoms with E-state index in [4.69, 9.17) is 0 Å². The average Bonchev–Trinajstić information content (AvgIpc) is 3.38. The maximum atomic E-state index is 4.66. The molecule has 1 aliphatic carbocycles. The monoisotopic (exact) mass is 336 g/mol. The zero-order chi connectivity index (χ0) is 16.8. The van der Waals surface area contributed by atoms with Crippen molar-refractivity contribution < 1.29 is 0 Å². The van der Waals surface area contributed by atoms with Crippen LogP contribution in [0.1, 0.15) is 30.3 Å². The van der Waals surface area contributed by atoms with Gasteiger partial charge in [-0.15, -0.1) is 0 Å². The van der Waals surface area contributed by atoms with Crippen LogP contribution in [-0.2, 0) is 0 Å². The van der Waals surface area contributed by atoms with Crippen LogP contribution >= 0.6 is 0 Å². The van der Waals surface area contributed by atoms with Gasteiger partial charge in [0.15, 0.2) is 11.5 Å². The normalized spacial score (nSPS) is 18.1. The van der Waals surface area contributed by atoms with E-state index in [1.54, 1.807) is 12.7 Å². The quantitative estimate of drug-likeness (QED) is 0.778. The van der Waals surface area contributed by atoms with Gasteiger partial charge in [-0.25, -0.2) is 24.9 Å². The molecule has 0 aromatic carbocycles. The highest BCUT2D eigenvalue weighted by Crippen LogP contribution is 2.39. The van der Waals surface area contributed by atoms with Gasteiger partial charge in [0.05, 0.1) is 6.33 Å². The number of imidazole rings is 1. The molecule has 0 amide bonds. The molecule has 2 fully saturated rings. The smallest absolute Gasteiger partial charge is 0.182 e. The molecule has 3 aromatic heterocycles. The predicted octanol–water partition coefficient (Wildman–Crippen LogP) is 1.66. The van der Waals surface area contributed by atoms with E-state index < -0.39 is 0 Å². The second-order valence-corrected chi connectivity index (χ2v) is 6.75. The summed E-state index contributed by atoms with van der Waals surface area (Å²) in [5, 5.41) is 0. The van der Waals surface area contributed by atoms with Crippen molar-refractivity contribution >= 4 is 22.8 Å². The van der Waals surface area contributed by atoms with Crippen molar-refractivity contribution in [2.45, 2.75) is 25.7 Å². The Morgan fingerprint density at radius 1 is 1.00 bits per heavy atom. The highest BCUT2D eigenvalue weighted by Gasteiger charge is 2.27. The summed E-state index contributed by atoms with van der Waals surface area (Å²) in [6.07, 6.45) is 5.78. The van der Waals surface area contributed by atoms with E-state index in [-0.39, 0.29) is 0 Å². The molecule has 1 saturated carbocycles. The van der Waals surface area contributed by atoms with Gasteiger partial charge in [0.25, 0.3) is 0 Å². The summed E-state index contributed by atoms with van der Waals surface area (Å²) in [5.74, 6) is 3.51. The number of aromatic nitrogens is 6. The molecule has 4 heterocycles. The van der Waals surface area contributed by atoms with Crippen LogP contribution in [0.15, 0.2) is 18.7 Å². The van der Waals surface area contributed by atoms with E-state index in [9.17, 15) is 0 Å². The summed E-state index contributed by atoms with van der Waals surface area (Å²) >= 11 is 0. The fourth-order valence-electron chi connectivity index (χ4n) is 3.46. The first kappa shape index (κ1) is 14.6. The van der Waals surface area contributed by atoms with Crippen molar-refractivity contribution in [1.82, 2.24) is 29.9 Å². The lowest BCUT2D eigenvalue weighted by atomic mass is 10.2. The third kappa shape index (κ3) is 2.67. The van der Waals surface area contributed by atoms with Crippen molar-refractivity contribution in [3.05, 3.63) is 30.2 Å². The Bertz CT molecular complexity index is 908. The molecule has 8 nitrogen and oxygen atoms in total. The summed E-state index contributed by atoms with van der Waals surface area (Å²) < 4.78 is 0. The molecule has 8 heteroatoms. The van der Waals surface area contributed by atoms with E-state index in [0.717, 1.165) is 49.2 Å². The van der Waals surface area contributed by atoms with E-state index in [0.29, 0.717) is 11.6 Å². The van der Waals surface area contributed by atoms with Gasteiger partial charge in [0.1, 0.15) is 23.5 Å². The van der Waals surface area contributed by atoms with Gasteiger partial charge in [-0.05, 0) is 19.8 Å². The highest BCUT2D eigenvalue weighted by atomic mass is 15.3. The zero-order valence-corrected chi connectivity index (χ0v) is 14.2. The van der Waals surface area contributed by atoms with Crippen molar-refractivity contribution in [2.75, 3.05) is 36.0 Å². The number of piperazine rings is 1. The number of aromatic amines is 1. The van der Waals surface area contributed by atoms with E-state index >= 15 is 0 Å². The second kappa shape index (κ2) is 5.65. The largest absolute Gasteiger partial charge is 0.353 e. The molecule has 1 saturated heterocycles. The molecule has 128 valence electrons. The van der Waals surface area contributed by atoms with Crippen LogP contribution in [0.2, 0.25) is 0 Å². The van der Waals surface area contributed by atoms with Gasteiger partial charge in [-0.3, -0.25) is 0 Å². The van der Waals surface area contributed by atoms with Crippen molar-refractivity contribution in [1.29, 1.82) is 0 Å². The SMILES string of the molecule is Cc1nc(C2CC2)cc(N2CCN(c3ncnc4nc[nH]c34)CC2)n1. The minimum absolute atomic E-state index is 0.649. The van der Waals surface area contributed by atoms with Gasteiger partial charge in [0, 0.05) is 43.9 Å². The number of hydrogen-bond acceptors (Lipinski definition) is 7. The Balaban J connectivity index is 1.35. The maximum Gasteiger partial charge on any atom is 0.182 e. The molecule has 25 heavy (non-hydrogen) atoms. The summed E-state index contributed by atoms with van der Waals surface area (Å²) in [5.41, 5.74) is 2.83. The van der Waals surface area contributed by atoms with Gasteiger partial charge in [-0.2, -0.15) is 0 Å². The standard InChI is InChI=1S/C17H20N8/c1-11-22-13(12-2-3-12)8-14(23-11)24-4-6-25(7-5-24)17-15-16(19-9-18-15)20-10-21-17/h8-10,12H,2-7H2,1H3,(H,18,19,20,21). The van der Waals surface area contributed by atoms with Gasteiger partial charge in [-0.1, -0.05) is 0 Å². The van der Waals surface area contributed by atoms with E-state index in [1.165, 1.54) is 18.5 Å². The molecular formula is C17H20N8. The molecule has 1 N–H and O–H groups in total. The van der Waals surface area contributed by atoms with Crippen LogP contribution in [0.25, 0.3) is 11.2 Å². The summed E-state index contributed by atoms with van der Waals surface area (Å²) in [7, 11) is 0. The van der Waals surface area contributed by atoms with E-state index in [2.05, 4.69) is 45.8 Å². The fourth-order valence-corrected chi connectivity index (χ4v) is 3.46. The Kier molecular flexibility index (Phi) is 3.29. The van der Waals surface area contributed by atoms with Crippen LogP contribution in [0.4, 0.5) is 11.6 Å². The molecule has 3 aromatic rings. The fraction of sp³-hybridized carbons (Fsp3) is 0.471. The molecule has 0 spiro atoms. The van der Waals surface area contributed by atoms with Crippen LogP contribution in [-0.4, -0.2) is 56.1 Å². The minimum Gasteiger partial charge on any atom is -0.353 e. The Morgan fingerprint density at radius 2 is 1.80 bits per heavy atom. The Hall–Kier alpha value is -2.77.